The zero-order valence-electron chi connectivity index (χ0n) is 11.5. The van der Waals surface area contributed by atoms with Gasteiger partial charge >= 0.3 is 5.97 Å². The van der Waals surface area contributed by atoms with Gasteiger partial charge in [0.1, 0.15) is 5.75 Å². The number of benzene rings is 1. The van der Waals surface area contributed by atoms with Crippen LogP contribution < -0.4 is 10.1 Å². The maximum atomic E-state index is 11.0. The van der Waals surface area contributed by atoms with E-state index >= 15 is 0 Å². The number of rotatable bonds is 7. The van der Waals surface area contributed by atoms with Gasteiger partial charge in [-0.3, -0.25) is 4.79 Å². The predicted molar refractivity (Wildman–Crippen MR) is 78.4 cm³/mol. The molecule has 0 saturated carbocycles. The first-order valence-corrected chi connectivity index (χ1v) is 6.92. The summed E-state index contributed by atoms with van der Waals surface area (Å²) in [7, 11) is 1.63. The van der Waals surface area contributed by atoms with E-state index in [9.17, 15) is 4.79 Å². The highest BCUT2D eigenvalue weighted by atomic mass is 79.9. The second kappa shape index (κ2) is 6.91. The van der Waals surface area contributed by atoms with E-state index in [1.165, 1.54) is 0 Å². The third kappa shape index (κ3) is 4.84. The van der Waals surface area contributed by atoms with Crippen molar-refractivity contribution in [1.29, 1.82) is 0 Å². The van der Waals surface area contributed by atoms with Crippen LogP contribution in [-0.4, -0.2) is 24.7 Å². The second-order valence-corrected chi connectivity index (χ2v) is 5.93. The number of hydrogen-bond donors (Lipinski definition) is 2. The molecule has 2 N–H and O–H groups in total. The summed E-state index contributed by atoms with van der Waals surface area (Å²) in [6, 6.07) is 5.79. The standard InChI is InChI=1S/C14H20BrNO3/c1-14(2,13(17)18)6-7-16-9-10-8-11(19-3)4-5-12(10)15/h4-5,8,16H,6-7,9H2,1-3H3,(H,17,18). The van der Waals surface area contributed by atoms with Crippen molar-refractivity contribution in [3.8, 4) is 5.75 Å². The quantitative estimate of drug-likeness (QED) is 0.755. The molecule has 0 aromatic heterocycles. The molecule has 4 nitrogen and oxygen atoms in total. The molecule has 1 aromatic rings. The lowest BCUT2D eigenvalue weighted by Crippen LogP contribution is -2.28. The van der Waals surface area contributed by atoms with Gasteiger partial charge in [0.05, 0.1) is 12.5 Å². The fourth-order valence-corrected chi connectivity index (χ4v) is 1.93. The lowest BCUT2D eigenvalue weighted by atomic mass is 9.90. The summed E-state index contributed by atoms with van der Waals surface area (Å²) in [4.78, 5) is 11.0. The van der Waals surface area contributed by atoms with Crippen molar-refractivity contribution in [3.63, 3.8) is 0 Å². The number of aliphatic carboxylic acids is 1. The summed E-state index contributed by atoms with van der Waals surface area (Å²) >= 11 is 3.48. The van der Waals surface area contributed by atoms with Crippen LogP contribution in [0.3, 0.4) is 0 Å². The van der Waals surface area contributed by atoms with E-state index in [1.807, 2.05) is 18.2 Å². The van der Waals surface area contributed by atoms with E-state index in [4.69, 9.17) is 9.84 Å². The number of carbonyl (C=O) groups is 1. The maximum absolute atomic E-state index is 11.0. The molecular formula is C14H20BrNO3. The van der Waals surface area contributed by atoms with Gasteiger partial charge in [0.2, 0.25) is 0 Å². The van der Waals surface area contributed by atoms with Gasteiger partial charge in [-0.25, -0.2) is 0 Å². The molecule has 0 aliphatic carbocycles. The Balaban J connectivity index is 2.48. The number of halogens is 1. The third-order valence-corrected chi connectivity index (χ3v) is 3.85. The van der Waals surface area contributed by atoms with Crippen molar-refractivity contribution in [3.05, 3.63) is 28.2 Å². The Bertz CT molecular complexity index is 446. The van der Waals surface area contributed by atoms with Crippen LogP contribution in [0.25, 0.3) is 0 Å². The van der Waals surface area contributed by atoms with Crippen LogP contribution in [0.2, 0.25) is 0 Å². The number of methoxy groups -OCH3 is 1. The van der Waals surface area contributed by atoms with Gasteiger partial charge in [-0.1, -0.05) is 15.9 Å². The van der Waals surface area contributed by atoms with Gasteiger partial charge in [-0.2, -0.15) is 0 Å². The summed E-state index contributed by atoms with van der Waals surface area (Å²) < 4.78 is 6.19. The summed E-state index contributed by atoms with van der Waals surface area (Å²) in [6.07, 6.45) is 0.587. The highest BCUT2D eigenvalue weighted by Crippen LogP contribution is 2.23. The predicted octanol–water partition coefficient (Wildman–Crippen LogP) is 3.05. The number of ether oxygens (including phenoxy) is 1. The zero-order chi connectivity index (χ0) is 14.5. The smallest absolute Gasteiger partial charge is 0.309 e. The first-order valence-electron chi connectivity index (χ1n) is 6.13. The van der Waals surface area contributed by atoms with Crippen LogP contribution in [0, 0.1) is 5.41 Å². The third-order valence-electron chi connectivity index (χ3n) is 3.07. The minimum absolute atomic E-state index is 0.587. The molecule has 0 aliphatic heterocycles. The van der Waals surface area contributed by atoms with Crippen LogP contribution in [0.1, 0.15) is 25.8 Å². The normalized spacial score (nSPS) is 11.4. The number of carboxylic acids is 1. The van der Waals surface area contributed by atoms with Crippen molar-refractivity contribution in [2.75, 3.05) is 13.7 Å². The van der Waals surface area contributed by atoms with E-state index in [0.717, 1.165) is 15.8 Å². The first-order chi connectivity index (χ1) is 8.86. The number of nitrogens with one attached hydrogen (secondary N) is 1. The molecule has 0 spiro atoms. The van der Waals surface area contributed by atoms with Crippen molar-refractivity contribution in [2.45, 2.75) is 26.8 Å². The van der Waals surface area contributed by atoms with Crippen LogP contribution in [0.4, 0.5) is 0 Å². The van der Waals surface area contributed by atoms with Crippen LogP contribution in [0.15, 0.2) is 22.7 Å². The van der Waals surface area contributed by atoms with Crippen molar-refractivity contribution in [1.82, 2.24) is 5.32 Å². The molecule has 0 atom stereocenters. The molecule has 0 heterocycles. The Hall–Kier alpha value is -1.07. The van der Waals surface area contributed by atoms with Crippen LogP contribution in [-0.2, 0) is 11.3 Å². The van der Waals surface area contributed by atoms with Gasteiger partial charge in [0.15, 0.2) is 0 Å². The van der Waals surface area contributed by atoms with Gasteiger partial charge in [-0.05, 0) is 50.6 Å². The fourth-order valence-electron chi connectivity index (χ4n) is 1.54. The fraction of sp³-hybridized carbons (Fsp3) is 0.500. The molecule has 1 aromatic carbocycles. The SMILES string of the molecule is COc1ccc(Br)c(CNCCC(C)(C)C(=O)O)c1. The maximum Gasteiger partial charge on any atom is 0.309 e. The van der Waals surface area contributed by atoms with E-state index < -0.39 is 11.4 Å². The molecule has 0 saturated heterocycles. The Kier molecular flexibility index (Phi) is 5.82. The summed E-state index contributed by atoms with van der Waals surface area (Å²) in [6.45, 7) is 4.80. The highest BCUT2D eigenvalue weighted by molar-refractivity contribution is 9.10. The van der Waals surface area contributed by atoms with Gasteiger partial charge < -0.3 is 15.2 Å². The molecule has 5 heteroatoms. The lowest BCUT2D eigenvalue weighted by Gasteiger charge is -2.19. The molecule has 0 aliphatic rings. The Labute approximate surface area is 122 Å². The molecule has 1 rings (SSSR count). The average molecular weight is 330 g/mol. The molecule has 0 radical (unpaired) electrons. The zero-order valence-corrected chi connectivity index (χ0v) is 13.1. The summed E-state index contributed by atoms with van der Waals surface area (Å²) in [5, 5.41) is 12.3. The monoisotopic (exact) mass is 329 g/mol. The second-order valence-electron chi connectivity index (χ2n) is 5.07. The molecule has 0 fully saturated rings. The molecule has 19 heavy (non-hydrogen) atoms. The minimum Gasteiger partial charge on any atom is -0.497 e. The van der Waals surface area contributed by atoms with Crippen LogP contribution in [0.5, 0.6) is 5.75 Å². The summed E-state index contributed by atoms with van der Waals surface area (Å²) in [5.74, 6) is 0.0442. The molecular weight excluding hydrogens is 310 g/mol. The van der Waals surface area contributed by atoms with E-state index in [2.05, 4.69) is 21.2 Å². The van der Waals surface area contributed by atoms with Crippen LogP contribution >= 0.6 is 15.9 Å². The van der Waals surface area contributed by atoms with Gasteiger partial charge in [-0.15, -0.1) is 0 Å². The topological polar surface area (TPSA) is 58.6 Å². The largest absolute Gasteiger partial charge is 0.497 e. The summed E-state index contributed by atoms with van der Waals surface area (Å²) in [5.41, 5.74) is 0.394. The lowest BCUT2D eigenvalue weighted by molar-refractivity contribution is -0.147. The molecule has 0 unspecified atom stereocenters. The Morgan fingerprint density at radius 3 is 2.74 bits per heavy atom. The minimum atomic E-state index is -0.767. The van der Waals surface area contributed by atoms with E-state index in [0.29, 0.717) is 19.5 Å². The van der Waals surface area contributed by atoms with E-state index in [1.54, 1.807) is 21.0 Å². The van der Waals surface area contributed by atoms with Crippen molar-refractivity contribution in [2.24, 2.45) is 5.41 Å². The molecule has 0 amide bonds. The Morgan fingerprint density at radius 2 is 2.16 bits per heavy atom. The van der Waals surface area contributed by atoms with Gasteiger partial charge in [0, 0.05) is 11.0 Å². The highest BCUT2D eigenvalue weighted by Gasteiger charge is 2.26. The number of carboxylic acid groups (broad SMARTS) is 1. The first kappa shape index (κ1) is 16.0. The van der Waals surface area contributed by atoms with E-state index in [-0.39, 0.29) is 0 Å². The van der Waals surface area contributed by atoms with Gasteiger partial charge in [0.25, 0.3) is 0 Å². The molecule has 106 valence electrons. The average Bonchev–Trinajstić information content (AvgIpc) is 2.36. The molecule has 0 bridgehead atoms. The Morgan fingerprint density at radius 1 is 1.47 bits per heavy atom. The van der Waals surface area contributed by atoms with Crippen molar-refractivity contribution < 1.29 is 14.6 Å². The number of hydrogen-bond acceptors (Lipinski definition) is 3. The van der Waals surface area contributed by atoms with Crippen molar-refractivity contribution >= 4 is 21.9 Å².